The first-order chi connectivity index (χ1) is 16.5. The second kappa shape index (κ2) is 11.7. The standard InChI is InChI=1S/C22H30N3O8PS/c1-13(2)32-21(28)15(4)24-34(30,35-16-8-6-5-7-9-16)31-12-17-19(27)14(3)20(33-17)25-11-10-18(26)23-22(25)29/h5-11,13-15,17,19-20,27H,12H2,1-4H3,(H,24,30)(H,23,26,29). The number of aliphatic hydroxyl groups excluding tert-OH is 1. The van der Waals surface area contributed by atoms with Crippen molar-refractivity contribution in [3.63, 3.8) is 0 Å². The number of aromatic nitrogens is 2. The molecule has 3 N–H and O–H groups in total. The van der Waals surface area contributed by atoms with Gasteiger partial charge in [-0.1, -0.05) is 25.1 Å². The second-order valence-electron chi connectivity index (χ2n) is 8.47. The number of esters is 1. The zero-order valence-corrected chi connectivity index (χ0v) is 21.5. The van der Waals surface area contributed by atoms with Crippen LogP contribution in [0.5, 0.6) is 0 Å². The lowest BCUT2D eigenvalue weighted by molar-refractivity contribution is -0.149. The van der Waals surface area contributed by atoms with E-state index in [1.54, 1.807) is 45.0 Å². The molecule has 11 nitrogen and oxygen atoms in total. The fourth-order valence-electron chi connectivity index (χ4n) is 3.48. The summed E-state index contributed by atoms with van der Waals surface area (Å²) in [7, 11) is 0. The molecule has 1 fully saturated rings. The highest BCUT2D eigenvalue weighted by molar-refractivity contribution is 8.56. The molecule has 0 saturated carbocycles. The number of hydrogen-bond donors (Lipinski definition) is 3. The van der Waals surface area contributed by atoms with Crippen LogP contribution >= 0.6 is 18.1 Å². The van der Waals surface area contributed by atoms with E-state index in [0.717, 1.165) is 11.4 Å². The smallest absolute Gasteiger partial charge is 0.332 e. The quantitative estimate of drug-likeness (QED) is 0.310. The highest BCUT2D eigenvalue weighted by Gasteiger charge is 2.44. The first-order valence-corrected chi connectivity index (χ1v) is 14.2. The van der Waals surface area contributed by atoms with Crippen molar-refractivity contribution in [1.29, 1.82) is 0 Å². The maximum atomic E-state index is 13.8. The van der Waals surface area contributed by atoms with Gasteiger partial charge in [0.2, 0.25) is 0 Å². The molecule has 1 aromatic carbocycles. The van der Waals surface area contributed by atoms with Crippen LogP contribution in [0.25, 0.3) is 0 Å². The van der Waals surface area contributed by atoms with Gasteiger partial charge in [-0.25, -0.2) is 9.88 Å². The van der Waals surface area contributed by atoms with Gasteiger partial charge in [0, 0.05) is 23.1 Å². The predicted molar refractivity (Wildman–Crippen MR) is 130 cm³/mol. The molecule has 3 rings (SSSR count). The normalized spacial score (nSPS) is 24.7. The third-order valence-electron chi connectivity index (χ3n) is 5.24. The Morgan fingerprint density at radius 3 is 2.57 bits per heavy atom. The average Bonchev–Trinajstić information content (AvgIpc) is 3.06. The molecule has 0 spiro atoms. The number of aromatic amines is 1. The molecule has 0 aliphatic carbocycles. The van der Waals surface area contributed by atoms with E-state index in [-0.39, 0.29) is 12.7 Å². The summed E-state index contributed by atoms with van der Waals surface area (Å²) in [6.45, 7) is 2.61. The van der Waals surface area contributed by atoms with Crippen LogP contribution in [0.1, 0.15) is 33.9 Å². The molecule has 2 heterocycles. The van der Waals surface area contributed by atoms with Crippen LogP contribution in [0.4, 0.5) is 0 Å². The summed E-state index contributed by atoms with van der Waals surface area (Å²) in [6.07, 6.45) is -1.88. The molecule has 6 unspecified atom stereocenters. The number of nitrogens with zero attached hydrogens (tertiary/aromatic N) is 1. The lowest BCUT2D eigenvalue weighted by Crippen LogP contribution is -2.35. The van der Waals surface area contributed by atoms with Crippen molar-refractivity contribution in [2.75, 3.05) is 6.61 Å². The van der Waals surface area contributed by atoms with Crippen molar-refractivity contribution in [3.8, 4) is 0 Å². The van der Waals surface area contributed by atoms with E-state index in [1.807, 2.05) is 6.07 Å². The van der Waals surface area contributed by atoms with Crippen LogP contribution in [0.2, 0.25) is 0 Å². The third-order valence-corrected chi connectivity index (χ3v) is 9.15. The van der Waals surface area contributed by atoms with E-state index in [2.05, 4.69) is 10.1 Å². The van der Waals surface area contributed by atoms with Gasteiger partial charge < -0.3 is 19.1 Å². The van der Waals surface area contributed by atoms with E-state index in [1.165, 1.54) is 23.8 Å². The lowest BCUT2D eigenvalue weighted by Gasteiger charge is -2.24. The van der Waals surface area contributed by atoms with Gasteiger partial charge in [-0.05, 0) is 44.3 Å². The molecule has 35 heavy (non-hydrogen) atoms. The Bertz CT molecular complexity index is 1170. The molecule has 2 aromatic rings. The molecule has 13 heteroatoms. The van der Waals surface area contributed by atoms with Crippen LogP contribution in [0, 0.1) is 5.92 Å². The first kappa shape index (κ1) is 27.4. The summed E-state index contributed by atoms with van der Waals surface area (Å²) in [5.41, 5.74) is -1.22. The number of ether oxygens (including phenoxy) is 2. The van der Waals surface area contributed by atoms with E-state index >= 15 is 0 Å². The van der Waals surface area contributed by atoms with Crippen molar-refractivity contribution in [2.24, 2.45) is 5.92 Å². The average molecular weight is 528 g/mol. The number of carbonyl (C=O) groups excluding carboxylic acids is 1. The minimum absolute atomic E-state index is 0.282. The summed E-state index contributed by atoms with van der Waals surface area (Å²) in [5, 5.41) is 13.5. The van der Waals surface area contributed by atoms with Gasteiger partial charge in [-0.2, -0.15) is 0 Å². The fraction of sp³-hybridized carbons (Fsp3) is 0.500. The molecule has 0 amide bonds. The van der Waals surface area contributed by atoms with Crippen molar-refractivity contribution in [1.82, 2.24) is 14.6 Å². The Morgan fingerprint density at radius 2 is 1.94 bits per heavy atom. The number of nitrogens with one attached hydrogen (secondary N) is 2. The molecule has 6 atom stereocenters. The minimum Gasteiger partial charge on any atom is -0.462 e. The maximum absolute atomic E-state index is 13.8. The van der Waals surface area contributed by atoms with Gasteiger partial charge >= 0.3 is 18.4 Å². The van der Waals surface area contributed by atoms with Crippen LogP contribution in [0.15, 0.2) is 57.1 Å². The zero-order valence-electron chi connectivity index (χ0n) is 19.8. The number of H-pyrrole nitrogens is 1. The Kier molecular flexibility index (Phi) is 9.14. The van der Waals surface area contributed by atoms with Crippen molar-refractivity contribution < 1.29 is 28.5 Å². The fourth-order valence-corrected chi connectivity index (χ4v) is 7.31. The predicted octanol–water partition coefficient (Wildman–Crippen LogP) is 2.28. The number of rotatable bonds is 10. The number of hydrogen-bond acceptors (Lipinski definition) is 9. The van der Waals surface area contributed by atoms with Gasteiger partial charge in [0.1, 0.15) is 18.4 Å². The Balaban J connectivity index is 1.75. The molecule has 1 aliphatic rings. The Morgan fingerprint density at radius 1 is 1.26 bits per heavy atom. The van der Waals surface area contributed by atoms with E-state index in [9.17, 15) is 24.1 Å². The monoisotopic (exact) mass is 527 g/mol. The molecule has 0 bridgehead atoms. The molecule has 1 saturated heterocycles. The van der Waals surface area contributed by atoms with E-state index in [0.29, 0.717) is 4.90 Å². The molecule has 192 valence electrons. The molecular weight excluding hydrogens is 497 g/mol. The molecular formula is C22H30N3O8PS. The van der Waals surface area contributed by atoms with Crippen molar-refractivity contribution in [3.05, 3.63) is 63.4 Å². The highest BCUT2D eigenvalue weighted by Crippen LogP contribution is 2.60. The largest absolute Gasteiger partial charge is 0.462 e. The van der Waals surface area contributed by atoms with Crippen LogP contribution in [0.3, 0.4) is 0 Å². The van der Waals surface area contributed by atoms with Gasteiger partial charge in [0.05, 0.1) is 18.8 Å². The maximum Gasteiger partial charge on any atom is 0.332 e. The second-order valence-corrected chi connectivity index (χ2v) is 12.6. The Labute approximate surface area is 206 Å². The minimum atomic E-state index is -3.74. The third kappa shape index (κ3) is 7.16. The molecule has 1 aromatic heterocycles. The Hall–Kier alpha value is -2.21. The number of aliphatic hydroxyl groups is 1. The summed E-state index contributed by atoms with van der Waals surface area (Å²) < 4.78 is 31.8. The summed E-state index contributed by atoms with van der Waals surface area (Å²) in [6, 6.07) is 9.12. The van der Waals surface area contributed by atoms with Crippen molar-refractivity contribution >= 4 is 24.1 Å². The topological polar surface area (TPSA) is 149 Å². The van der Waals surface area contributed by atoms with E-state index in [4.69, 9.17) is 14.0 Å². The van der Waals surface area contributed by atoms with Crippen LogP contribution in [-0.4, -0.2) is 51.6 Å². The number of carbonyl (C=O) groups is 1. The van der Waals surface area contributed by atoms with Gasteiger partial charge in [0.15, 0.2) is 0 Å². The lowest BCUT2D eigenvalue weighted by atomic mass is 10.0. The van der Waals surface area contributed by atoms with Crippen LogP contribution < -0.4 is 16.3 Å². The van der Waals surface area contributed by atoms with Crippen molar-refractivity contribution in [2.45, 2.75) is 63.2 Å². The highest BCUT2D eigenvalue weighted by atomic mass is 32.7. The van der Waals surface area contributed by atoms with Gasteiger partial charge in [-0.15, -0.1) is 0 Å². The van der Waals surface area contributed by atoms with Gasteiger partial charge in [0.25, 0.3) is 5.56 Å². The van der Waals surface area contributed by atoms with E-state index < -0.39 is 54.3 Å². The SMILES string of the molecule is CC(C)OC(=O)C(C)NP(=O)(OCC1OC(n2ccc(=O)[nH]c2=O)C(C)C1O)Sc1ccccc1. The van der Waals surface area contributed by atoms with Gasteiger partial charge in [-0.3, -0.25) is 23.7 Å². The zero-order chi connectivity index (χ0) is 25.8. The first-order valence-electron chi connectivity index (χ1n) is 11.1. The summed E-state index contributed by atoms with van der Waals surface area (Å²) in [5.74, 6) is -1.11. The molecule has 0 radical (unpaired) electrons. The summed E-state index contributed by atoms with van der Waals surface area (Å²) >= 11 is 0.925. The summed E-state index contributed by atoms with van der Waals surface area (Å²) in [4.78, 5) is 38.7. The number of benzene rings is 1. The molecule has 1 aliphatic heterocycles. The van der Waals surface area contributed by atoms with Crippen LogP contribution in [-0.2, 0) is 23.4 Å².